The summed E-state index contributed by atoms with van der Waals surface area (Å²) in [5, 5.41) is 63.1. The third kappa shape index (κ3) is 18.9. The van der Waals surface area contributed by atoms with E-state index in [4.69, 9.17) is 0 Å². The molecule has 14 heteroatoms. The van der Waals surface area contributed by atoms with E-state index in [2.05, 4.69) is 93.9 Å². The predicted molar refractivity (Wildman–Crippen MR) is 532 cm³/mol. The van der Waals surface area contributed by atoms with E-state index in [1.165, 1.54) is 199 Å². The van der Waals surface area contributed by atoms with E-state index in [0.29, 0.717) is 154 Å². The Hall–Kier alpha value is -2.27. The molecule has 2 saturated heterocycles. The number of halogens is 1. The second kappa shape index (κ2) is 38.4. The van der Waals surface area contributed by atoms with Crippen molar-refractivity contribution in [2.24, 2.45) is 205 Å². The molecule has 13 nitrogen and oxygen atoms in total. The first kappa shape index (κ1) is 99.9. The molecule has 132 heavy (non-hydrogen) atoms. The Bertz CT molecular complexity index is 3980. The highest BCUT2D eigenvalue weighted by Crippen LogP contribution is 2.72. The van der Waals surface area contributed by atoms with Crippen molar-refractivity contribution in [1.82, 2.24) is 9.80 Å². The van der Waals surface area contributed by atoms with Crippen LogP contribution in [0.15, 0.2) is 36.5 Å². The fourth-order valence-corrected chi connectivity index (χ4v) is 41.3. The quantitative estimate of drug-likeness (QED) is 0.0840. The van der Waals surface area contributed by atoms with Gasteiger partial charge in [-0.1, -0.05) is 94.3 Å². The Kier molecular flexibility index (Phi) is 29.1. The van der Waals surface area contributed by atoms with Gasteiger partial charge in [0.05, 0.1) is 41.2 Å². The fourth-order valence-electron chi connectivity index (χ4n) is 40.9. The molecule has 0 aromatic rings. The van der Waals surface area contributed by atoms with Crippen molar-refractivity contribution >= 4 is 44.8 Å². The molecule has 22 fully saturated rings. The molecule has 22 rings (SSSR count). The van der Waals surface area contributed by atoms with Crippen molar-refractivity contribution in [3.63, 3.8) is 0 Å². The van der Waals surface area contributed by atoms with Gasteiger partial charge in [-0.15, -0.1) is 0 Å². The van der Waals surface area contributed by atoms with Crippen LogP contribution in [0, 0.1) is 205 Å². The average Bonchev–Trinajstić information content (AvgIpc) is 1.57. The van der Waals surface area contributed by atoms with Crippen LogP contribution in [0.25, 0.3) is 0 Å². The number of piperidine rings is 2. The number of aliphatic hydroxyl groups excluding tert-OH is 1. The summed E-state index contributed by atoms with van der Waals surface area (Å²) in [7, 11) is 0. The van der Waals surface area contributed by atoms with Crippen LogP contribution in [0.3, 0.4) is 0 Å². The maximum atomic E-state index is 13.4. The first-order valence-electron chi connectivity index (χ1n) is 56.4. The predicted octanol–water partition coefficient (Wildman–Crippen LogP) is 23.8. The van der Waals surface area contributed by atoms with Gasteiger partial charge in [-0.25, -0.2) is 0 Å². The lowest BCUT2D eigenvalue weighted by atomic mass is 9.48. The van der Waals surface area contributed by atoms with Crippen molar-refractivity contribution in [1.29, 1.82) is 0 Å². The zero-order valence-electron chi connectivity index (χ0n) is 85.0. The summed E-state index contributed by atoms with van der Waals surface area (Å²) in [6.07, 6.45) is 55.2. The fraction of sp³-hybridized carbons (Fsp3) is 0.907. The number of nitrogens with zero attached hydrogens (tertiary/aromatic N) is 2. The number of alkyl halides is 1. The number of hydrogen-bond acceptors (Lipinski definition) is 13. The number of fused-ring (bicyclic) bond motifs is 25. The summed E-state index contributed by atoms with van der Waals surface area (Å²) >= 11 is 3.62. The van der Waals surface area contributed by atoms with Crippen LogP contribution in [0.5, 0.6) is 0 Å². The molecule has 40 atom stereocenters. The molecule has 0 spiro atoms. The second-order valence-electron chi connectivity index (χ2n) is 54.6. The molecule has 6 N–H and O–H groups in total. The van der Waals surface area contributed by atoms with Gasteiger partial charge in [-0.3, -0.25) is 33.8 Å². The molecule has 742 valence electrons. The summed E-state index contributed by atoms with van der Waals surface area (Å²) in [5.41, 5.74) is 2.66. The SMILES string of the molecule is C=C(CBr)[C@H]1CC[C@H]2[C@@H]3CC(=O)[C@H]4C[C@@](C)(O)CC[C@@H]4[C@H]3CC[C@]12C.C=C(CN1CCCCC1)[C@H]1CC[C@H]2[C@@H]3CC[C@H]4C[C@@](C)(O)CC[C@@H]4[C@H]3CC[C@]12C.C=C(CO)[C@H]1CC[C@H]2[C@@H]3CC(=O)[C@H]4C[C@@](C)(O)CC[C@@H]4[C@H]3CC[C@]12C.CC(=O)[C@H]1CC[C@H]2[C@@H]3CC(=O)[C@H]4C[C@@](C)(O)CC[C@@H]4[C@H]3CC[C@]12C.C[C@]1(O)CC[C@H]2[C@@H](CC[C@@H]3[C@@H]2CC[C@]2(C)[C@@H](C(=O)CN4CCCCC4)CC[C@@H]32)C1. The smallest absolute Gasteiger partial charge is 0.150 e. The highest BCUT2D eigenvalue weighted by Gasteiger charge is 2.67. The molecule has 0 amide bonds. The number of likely N-dealkylation sites (tertiary alicyclic amines) is 2. The van der Waals surface area contributed by atoms with Gasteiger partial charge >= 0.3 is 0 Å². The van der Waals surface area contributed by atoms with Crippen LogP contribution in [0.2, 0.25) is 0 Å². The molecule has 2 heterocycles. The third-order valence-corrected chi connectivity index (χ3v) is 47.9. The summed E-state index contributed by atoms with van der Waals surface area (Å²) in [6.45, 7) is 44.0. The number of carbonyl (C=O) groups excluding carboxylic acids is 5. The largest absolute Gasteiger partial charge is 0.392 e. The van der Waals surface area contributed by atoms with Crippen LogP contribution >= 0.6 is 15.9 Å². The second-order valence-corrected chi connectivity index (χ2v) is 55.1. The van der Waals surface area contributed by atoms with Crippen LogP contribution < -0.4 is 0 Å². The number of Topliss-reactive ketones (excluding diaryl/α,β-unsaturated/α-hetero) is 5. The van der Waals surface area contributed by atoms with Gasteiger partial charge in [0.15, 0.2) is 0 Å². The minimum atomic E-state index is -0.653. The van der Waals surface area contributed by atoms with Gasteiger partial charge in [0, 0.05) is 60.7 Å². The van der Waals surface area contributed by atoms with Crippen LogP contribution in [-0.2, 0) is 24.0 Å². The first-order valence-corrected chi connectivity index (χ1v) is 57.5. The van der Waals surface area contributed by atoms with Gasteiger partial charge in [0.1, 0.15) is 28.9 Å². The van der Waals surface area contributed by atoms with Gasteiger partial charge < -0.3 is 30.6 Å². The molecule has 0 radical (unpaired) electrons. The molecule has 0 aromatic heterocycles. The topological polar surface area (TPSA) is 213 Å². The van der Waals surface area contributed by atoms with Gasteiger partial charge in [0.2, 0.25) is 0 Å². The molecule has 20 aliphatic carbocycles. The first-order chi connectivity index (χ1) is 62.5. The lowest BCUT2D eigenvalue weighted by Gasteiger charge is -2.57. The number of aliphatic hydroxyl groups is 6. The van der Waals surface area contributed by atoms with Gasteiger partial charge in [0.25, 0.3) is 0 Å². The van der Waals surface area contributed by atoms with Crippen LogP contribution in [-0.4, -0.2) is 149 Å². The van der Waals surface area contributed by atoms with Gasteiger partial charge in [-0.2, -0.15) is 0 Å². The van der Waals surface area contributed by atoms with Gasteiger partial charge in [-0.05, 0) is 524 Å². The molecular weight excluding hydrogens is 1700 g/mol. The molecule has 2 aliphatic heterocycles. The molecular formula is C118H187BrN2O11. The zero-order valence-corrected chi connectivity index (χ0v) is 86.6. The lowest BCUT2D eigenvalue weighted by molar-refractivity contribution is -0.150. The molecule has 22 aliphatic rings. The molecule has 0 bridgehead atoms. The van der Waals surface area contributed by atoms with Crippen LogP contribution in [0.1, 0.15) is 384 Å². The molecule has 0 unspecified atom stereocenters. The van der Waals surface area contributed by atoms with Crippen molar-refractivity contribution in [3.05, 3.63) is 36.5 Å². The van der Waals surface area contributed by atoms with Crippen molar-refractivity contribution in [3.8, 4) is 0 Å². The lowest BCUT2D eigenvalue weighted by Crippen LogP contribution is -2.53. The summed E-state index contributed by atoms with van der Waals surface area (Å²) in [5.74, 6) is 20.5. The Morgan fingerprint density at radius 3 is 0.939 bits per heavy atom. The number of hydrogen-bond donors (Lipinski definition) is 6. The standard InChI is InChI=1S/C27H45NO.C26H43NO2.C22H33BrO2.C22H34O3.C21H32O3/c1-19(18-28-15-5-4-6-16-28)24-9-10-25-23-8-7-20-17-26(2,29)13-11-21(20)22(23)12-14-27(24,25)3;1-25(29)12-10-19-18(16-25)6-7-21-20(19)11-13-26(2)22(21)8-9-23(26)24(28)17-27-14-4-3-5-15-27;2*1-13(12-23)18-4-5-19-16-10-20(24)17-11-21(2,25)8-6-15(17)14(16)7-9-22(18,19)3;1-12(22)17-4-5-18-15-10-19(23)16-11-20(2,24)8-6-14(16)13(15)7-9-21(17,18)3/h20-25,29H,1,4-18H2,2-3H3;18-23,29H,3-17H2,1-2H3;14-19,25H,1,4-12H2,2-3H3;14-19,23,25H,1,4-12H2,2-3H3;13-18,24H,4-11H2,1-3H3/t20-,21-,22+,23+,24+,25-,26-,27+;18-,19-,20+,21+,22-,23+,25-,26-;2*14-,15-,16-,17+,18-,19+,21+,22-;13-,14-,15-,16+,17-,18+,20+,21-/m00111/s1. The normalized spacial score (nSPS) is 51.8. The number of allylic oxidation sites excluding steroid dienone is 1. The van der Waals surface area contributed by atoms with Crippen molar-refractivity contribution < 1.29 is 54.6 Å². The minimum Gasteiger partial charge on any atom is -0.392 e. The highest BCUT2D eigenvalue weighted by atomic mass is 79.9. The number of carbonyl (C=O) groups is 5. The Morgan fingerprint density at radius 1 is 0.311 bits per heavy atom. The van der Waals surface area contributed by atoms with E-state index < -0.39 is 22.4 Å². The Balaban J connectivity index is 0.000000111. The van der Waals surface area contributed by atoms with E-state index in [1.807, 2.05) is 20.8 Å². The summed E-state index contributed by atoms with van der Waals surface area (Å²) in [4.78, 5) is 69.5. The van der Waals surface area contributed by atoms with E-state index in [0.717, 1.165) is 205 Å². The average molecular weight is 1890 g/mol. The van der Waals surface area contributed by atoms with E-state index >= 15 is 0 Å². The van der Waals surface area contributed by atoms with E-state index in [1.54, 1.807) is 12.5 Å². The maximum Gasteiger partial charge on any atom is 0.150 e. The Labute approximate surface area is 808 Å². The van der Waals surface area contributed by atoms with Crippen LogP contribution in [0.4, 0.5) is 0 Å². The van der Waals surface area contributed by atoms with Crippen molar-refractivity contribution in [2.45, 2.75) is 412 Å². The summed E-state index contributed by atoms with van der Waals surface area (Å²) < 4.78 is 0. The van der Waals surface area contributed by atoms with Crippen molar-refractivity contribution in [2.75, 3.05) is 51.2 Å². The number of ketones is 5. The van der Waals surface area contributed by atoms with E-state index in [-0.39, 0.29) is 52.1 Å². The zero-order chi connectivity index (χ0) is 93.7. The highest BCUT2D eigenvalue weighted by molar-refractivity contribution is 9.09. The number of rotatable bonds is 11. The minimum absolute atomic E-state index is 0.0874. The maximum absolute atomic E-state index is 13.4. The van der Waals surface area contributed by atoms with E-state index in [9.17, 15) is 54.6 Å². The Morgan fingerprint density at radius 2 is 0.591 bits per heavy atom. The summed E-state index contributed by atoms with van der Waals surface area (Å²) in [6, 6.07) is 0. The monoisotopic (exact) mass is 1890 g/mol. The third-order valence-electron chi connectivity index (χ3n) is 47.2. The molecule has 0 aromatic carbocycles. The molecule has 20 saturated carbocycles.